The lowest BCUT2D eigenvalue weighted by Gasteiger charge is -2.13. The van der Waals surface area contributed by atoms with Crippen LogP contribution in [0.3, 0.4) is 0 Å². The van der Waals surface area contributed by atoms with E-state index >= 15 is 0 Å². The second-order valence-electron chi connectivity index (χ2n) is 6.43. The number of amides is 1. The first kappa shape index (κ1) is 21.4. The Kier molecular flexibility index (Phi) is 8.02. The fraction of sp³-hybridized carbons (Fsp3) is 0.286. The van der Waals surface area contributed by atoms with E-state index in [1.807, 2.05) is 43.3 Å². The average molecular weight is 403 g/mol. The van der Waals surface area contributed by atoms with Gasteiger partial charge in [0.25, 0.3) is 5.91 Å². The number of hydrogen-bond donors (Lipinski definition) is 1. The summed E-state index contributed by atoms with van der Waals surface area (Å²) in [5.74, 6) is -1.17. The van der Waals surface area contributed by atoms with Crippen molar-refractivity contribution in [1.82, 2.24) is 5.32 Å². The highest BCUT2D eigenvalue weighted by Gasteiger charge is 2.12. The van der Waals surface area contributed by atoms with Crippen molar-refractivity contribution in [3.05, 3.63) is 64.7 Å². The molecule has 28 heavy (non-hydrogen) atoms. The Morgan fingerprint density at radius 2 is 1.61 bits per heavy atom. The molecule has 2 aromatic rings. The van der Waals surface area contributed by atoms with Crippen molar-refractivity contribution >= 4 is 34.9 Å². The van der Waals surface area contributed by atoms with E-state index in [1.54, 1.807) is 24.3 Å². The van der Waals surface area contributed by atoms with Gasteiger partial charge in [-0.05, 0) is 42.0 Å². The maximum atomic E-state index is 12.0. The molecule has 0 aliphatic heterocycles. The molecule has 0 aliphatic rings. The van der Waals surface area contributed by atoms with Gasteiger partial charge in [0.2, 0.25) is 0 Å². The Morgan fingerprint density at radius 1 is 0.964 bits per heavy atom. The van der Waals surface area contributed by atoms with Crippen LogP contribution < -0.4 is 10.2 Å². The molecule has 0 heterocycles. The van der Waals surface area contributed by atoms with E-state index in [1.165, 1.54) is 0 Å². The summed E-state index contributed by atoms with van der Waals surface area (Å²) < 4.78 is 4.92. The number of ether oxygens (including phenoxy) is 1. The molecule has 0 spiro atoms. The number of benzene rings is 2. The van der Waals surface area contributed by atoms with Crippen molar-refractivity contribution in [2.24, 2.45) is 0 Å². The highest BCUT2D eigenvalue weighted by Crippen LogP contribution is 2.13. The van der Waals surface area contributed by atoms with Crippen molar-refractivity contribution in [3.8, 4) is 0 Å². The van der Waals surface area contributed by atoms with E-state index in [0.29, 0.717) is 17.1 Å². The van der Waals surface area contributed by atoms with Gasteiger partial charge in [0.15, 0.2) is 12.4 Å². The molecule has 6 nitrogen and oxygen atoms in total. The van der Waals surface area contributed by atoms with Crippen LogP contribution in [0.2, 0.25) is 5.02 Å². The van der Waals surface area contributed by atoms with Gasteiger partial charge in [0.05, 0.1) is 6.42 Å². The summed E-state index contributed by atoms with van der Waals surface area (Å²) in [6, 6.07) is 14.2. The molecule has 0 saturated carbocycles. The first-order valence-corrected chi connectivity index (χ1v) is 9.20. The Balaban J connectivity index is 1.66. The number of rotatable bonds is 9. The second kappa shape index (κ2) is 10.5. The molecule has 0 aromatic heterocycles. The Bertz CT molecular complexity index is 817. The normalized spacial score (nSPS) is 10.2. The second-order valence-corrected chi connectivity index (χ2v) is 6.86. The Morgan fingerprint density at radius 3 is 2.21 bits per heavy atom. The topological polar surface area (TPSA) is 75.7 Å². The number of nitrogens with one attached hydrogen (secondary N) is 1. The molecule has 0 bridgehead atoms. The predicted molar refractivity (Wildman–Crippen MR) is 109 cm³/mol. The van der Waals surface area contributed by atoms with E-state index in [0.717, 1.165) is 11.3 Å². The predicted octanol–water partition coefficient (Wildman–Crippen LogP) is 3.23. The van der Waals surface area contributed by atoms with Gasteiger partial charge in [0, 0.05) is 43.3 Å². The molecule has 0 saturated heterocycles. The van der Waals surface area contributed by atoms with Crippen LogP contribution in [0.15, 0.2) is 48.5 Å². The standard InChI is InChI=1S/C21H23ClN2O4/c1-24(2)18-9-3-15(4-10-18)13-23-20(26)14-28-21(27)12-11-19(25)16-5-7-17(22)8-6-16/h3-10H,11-14H2,1-2H3,(H,23,26). The average Bonchev–Trinajstić information content (AvgIpc) is 2.69. The van der Waals surface area contributed by atoms with Crippen molar-refractivity contribution in [2.75, 3.05) is 25.6 Å². The van der Waals surface area contributed by atoms with Crippen LogP contribution in [0.5, 0.6) is 0 Å². The molecule has 0 unspecified atom stereocenters. The lowest BCUT2D eigenvalue weighted by Crippen LogP contribution is -2.28. The summed E-state index contributed by atoms with van der Waals surface area (Å²) in [5, 5.41) is 3.23. The first-order chi connectivity index (χ1) is 13.3. The van der Waals surface area contributed by atoms with Crippen LogP contribution in [0.25, 0.3) is 0 Å². The summed E-state index contributed by atoms with van der Waals surface area (Å²) in [6.07, 6.45) is -0.0684. The van der Waals surface area contributed by atoms with E-state index in [2.05, 4.69) is 5.32 Å². The lowest BCUT2D eigenvalue weighted by molar-refractivity contribution is -0.148. The first-order valence-electron chi connectivity index (χ1n) is 8.82. The van der Waals surface area contributed by atoms with Crippen molar-refractivity contribution in [1.29, 1.82) is 0 Å². The number of ketones is 1. The number of esters is 1. The molecule has 2 rings (SSSR count). The lowest BCUT2D eigenvalue weighted by atomic mass is 10.1. The molecule has 7 heteroatoms. The van der Waals surface area contributed by atoms with Crippen molar-refractivity contribution in [2.45, 2.75) is 19.4 Å². The molecule has 0 atom stereocenters. The minimum Gasteiger partial charge on any atom is -0.456 e. The smallest absolute Gasteiger partial charge is 0.306 e. The van der Waals surface area contributed by atoms with Gasteiger partial charge < -0.3 is 15.0 Å². The minimum atomic E-state index is -0.590. The number of halogens is 1. The van der Waals surface area contributed by atoms with E-state index in [-0.39, 0.29) is 25.2 Å². The van der Waals surface area contributed by atoms with Gasteiger partial charge in [-0.1, -0.05) is 23.7 Å². The Hall–Kier alpha value is -2.86. The van der Waals surface area contributed by atoms with Crippen LogP contribution >= 0.6 is 11.6 Å². The SMILES string of the molecule is CN(C)c1ccc(CNC(=O)COC(=O)CCC(=O)c2ccc(Cl)cc2)cc1. The number of Topliss-reactive ketones (excluding diaryl/α,β-unsaturated/α-hetero) is 1. The number of anilines is 1. The third-order valence-electron chi connectivity index (χ3n) is 4.03. The fourth-order valence-corrected chi connectivity index (χ4v) is 2.50. The zero-order chi connectivity index (χ0) is 20.5. The molecule has 1 amide bonds. The van der Waals surface area contributed by atoms with Gasteiger partial charge in [-0.2, -0.15) is 0 Å². The Labute approximate surface area is 169 Å². The van der Waals surface area contributed by atoms with Crippen molar-refractivity contribution < 1.29 is 19.1 Å². The molecular formula is C21H23ClN2O4. The monoisotopic (exact) mass is 402 g/mol. The summed E-state index contributed by atoms with van der Waals surface area (Å²) in [7, 11) is 3.91. The molecule has 0 radical (unpaired) electrons. The van der Waals surface area contributed by atoms with Gasteiger partial charge in [0.1, 0.15) is 0 Å². The quantitative estimate of drug-likeness (QED) is 0.514. The van der Waals surface area contributed by atoms with Gasteiger partial charge in [-0.3, -0.25) is 14.4 Å². The zero-order valence-corrected chi connectivity index (χ0v) is 16.7. The largest absolute Gasteiger partial charge is 0.456 e. The van der Waals surface area contributed by atoms with Gasteiger partial charge in [-0.15, -0.1) is 0 Å². The maximum Gasteiger partial charge on any atom is 0.306 e. The van der Waals surface area contributed by atoms with Crippen LogP contribution in [0, 0.1) is 0 Å². The highest BCUT2D eigenvalue weighted by molar-refractivity contribution is 6.30. The molecule has 0 fully saturated rings. The number of carbonyl (C=O) groups is 3. The number of nitrogens with zero attached hydrogens (tertiary/aromatic N) is 1. The molecule has 0 aliphatic carbocycles. The van der Waals surface area contributed by atoms with Gasteiger partial charge >= 0.3 is 5.97 Å². The van der Waals surface area contributed by atoms with Crippen LogP contribution in [0.1, 0.15) is 28.8 Å². The maximum absolute atomic E-state index is 12.0. The summed E-state index contributed by atoms with van der Waals surface area (Å²) in [4.78, 5) is 37.5. The van der Waals surface area contributed by atoms with Crippen molar-refractivity contribution in [3.63, 3.8) is 0 Å². The summed E-state index contributed by atoms with van der Waals surface area (Å²) in [5.41, 5.74) is 2.49. The summed E-state index contributed by atoms with van der Waals surface area (Å²) in [6.45, 7) is -0.0249. The third-order valence-corrected chi connectivity index (χ3v) is 4.28. The summed E-state index contributed by atoms with van der Waals surface area (Å²) >= 11 is 5.77. The molecule has 2 aromatic carbocycles. The van der Waals surface area contributed by atoms with Crippen LogP contribution in [0.4, 0.5) is 5.69 Å². The van der Waals surface area contributed by atoms with Gasteiger partial charge in [-0.25, -0.2) is 0 Å². The fourth-order valence-electron chi connectivity index (χ4n) is 2.38. The zero-order valence-electron chi connectivity index (χ0n) is 15.9. The van der Waals surface area contributed by atoms with Crippen LogP contribution in [-0.4, -0.2) is 38.4 Å². The molecular weight excluding hydrogens is 380 g/mol. The number of carbonyl (C=O) groups excluding carboxylic acids is 3. The minimum absolute atomic E-state index is 0.0142. The third kappa shape index (κ3) is 7.04. The van der Waals surface area contributed by atoms with Crippen LogP contribution in [-0.2, 0) is 20.9 Å². The van der Waals surface area contributed by atoms with E-state index in [4.69, 9.17) is 16.3 Å². The molecule has 1 N–H and O–H groups in total. The number of hydrogen-bond acceptors (Lipinski definition) is 5. The molecule has 148 valence electrons. The highest BCUT2D eigenvalue weighted by atomic mass is 35.5. The van der Waals surface area contributed by atoms with E-state index in [9.17, 15) is 14.4 Å². The van der Waals surface area contributed by atoms with E-state index < -0.39 is 11.9 Å².